The van der Waals surface area contributed by atoms with Gasteiger partial charge in [-0.2, -0.15) is 26.3 Å². The zero-order valence-electron chi connectivity index (χ0n) is 19.6. The van der Waals surface area contributed by atoms with Gasteiger partial charge in [0.1, 0.15) is 0 Å². The molecule has 3 unspecified atom stereocenters. The Morgan fingerprint density at radius 1 is 1.11 bits per heavy atom. The van der Waals surface area contributed by atoms with Crippen LogP contribution in [0.1, 0.15) is 10.6 Å². The van der Waals surface area contributed by atoms with E-state index in [1.807, 2.05) is 24.4 Å². The van der Waals surface area contributed by atoms with E-state index in [4.69, 9.17) is 29.3 Å². The summed E-state index contributed by atoms with van der Waals surface area (Å²) >= 11 is 1.79. The molecule has 3 N–H and O–H groups in total. The van der Waals surface area contributed by atoms with E-state index in [1.165, 1.54) is 4.88 Å². The number of fused-ring (bicyclic) bond motifs is 1. The molecule has 0 spiro atoms. The molecule has 38 heavy (non-hydrogen) atoms. The molecule has 0 aromatic carbocycles. The van der Waals surface area contributed by atoms with Crippen LogP contribution in [-0.2, 0) is 32.2 Å². The van der Waals surface area contributed by atoms with Gasteiger partial charge in [-0.3, -0.25) is 9.88 Å². The van der Waals surface area contributed by atoms with Crippen LogP contribution < -0.4 is 5.32 Å². The van der Waals surface area contributed by atoms with Gasteiger partial charge in [0.15, 0.2) is 0 Å². The van der Waals surface area contributed by atoms with E-state index in [0.29, 0.717) is 18.7 Å². The third kappa shape index (κ3) is 10.5. The molecule has 0 saturated carbocycles. The molecule has 212 valence electrons. The monoisotopic (exact) mass is 573 g/mol. The van der Waals surface area contributed by atoms with Crippen LogP contribution in [0.4, 0.5) is 26.3 Å². The Kier molecular flexibility index (Phi) is 11.9. The van der Waals surface area contributed by atoms with E-state index in [-0.39, 0.29) is 6.10 Å². The van der Waals surface area contributed by atoms with Crippen molar-refractivity contribution in [3.8, 4) is 0 Å². The average Bonchev–Trinajstić information content (AvgIpc) is 3.49. The first-order valence-corrected chi connectivity index (χ1v) is 11.9. The lowest BCUT2D eigenvalue weighted by Gasteiger charge is -2.32. The molecule has 2 aliphatic rings. The molecule has 2 aromatic heterocycles. The summed E-state index contributed by atoms with van der Waals surface area (Å²) in [6, 6.07) is 10.9. The SMILES string of the molecule is O=C(O)C(F)(F)F.O=C(O)C(F)(F)F.c1ccc(COC2C(NCc3cccs3)CN3CCOCC23)nc1. The second-order valence-electron chi connectivity index (χ2n) is 7.91. The van der Waals surface area contributed by atoms with Gasteiger partial charge in [-0.15, -0.1) is 11.3 Å². The number of morpholine rings is 1. The normalized spacial score (nSPS) is 21.4. The molecule has 16 heteroatoms. The van der Waals surface area contributed by atoms with Crippen molar-refractivity contribution >= 4 is 23.3 Å². The minimum Gasteiger partial charge on any atom is -0.475 e. The van der Waals surface area contributed by atoms with Gasteiger partial charge >= 0.3 is 24.3 Å². The van der Waals surface area contributed by atoms with E-state index >= 15 is 0 Å². The quantitative estimate of drug-likeness (QED) is 0.448. The molecule has 4 heterocycles. The summed E-state index contributed by atoms with van der Waals surface area (Å²) in [4.78, 5) is 26.0. The van der Waals surface area contributed by atoms with Crippen molar-refractivity contribution in [3.05, 3.63) is 52.5 Å². The van der Waals surface area contributed by atoms with Crippen molar-refractivity contribution in [3.63, 3.8) is 0 Å². The Morgan fingerprint density at radius 2 is 1.76 bits per heavy atom. The maximum Gasteiger partial charge on any atom is 0.490 e. The number of ether oxygens (including phenoxy) is 2. The molecule has 0 bridgehead atoms. The number of carboxylic acid groups (broad SMARTS) is 2. The average molecular weight is 574 g/mol. The number of aliphatic carboxylic acids is 2. The zero-order valence-corrected chi connectivity index (χ0v) is 20.4. The predicted molar refractivity (Wildman–Crippen MR) is 121 cm³/mol. The summed E-state index contributed by atoms with van der Waals surface area (Å²) in [5, 5.41) is 20.1. The first-order valence-electron chi connectivity index (χ1n) is 11.0. The number of carboxylic acids is 2. The molecule has 0 radical (unpaired) electrons. The molecule has 2 aromatic rings. The highest BCUT2D eigenvalue weighted by Gasteiger charge is 2.44. The smallest absolute Gasteiger partial charge is 0.475 e. The Bertz CT molecular complexity index is 970. The van der Waals surface area contributed by atoms with Crippen molar-refractivity contribution in [2.45, 2.75) is 43.7 Å². The van der Waals surface area contributed by atoms with Crippen molar-refractivity contribution in [1.82, 2.24) is 15.2 Å². The van der Waals surface area contributed by atoms with Gasteiger partial charge in [0.2, 0.25) is 0 Å². The number of carbonyl (C=O) groups is 2. The van der Waals surface area contributed by atoms with E-state index in [2.05, 4.69) is 32.7 Å². The van der Waals surface area contributed by atoms with Crippen molar-refractivity contribution in [1.29, 1.82) is 0 Å². The zero-order chi connectivity index (χ0) is 28.3. The van der Waals surface area contributed by atoms with Gasteiger partial charge in [0.05, 0.1) is 37.7 Å². The summed E-state index contributed by atoms with van der Waals surface area (Å²) in [5.41, 5.74) is 0.977. The van der Waals surface area contributed by atoms with Gasteiger partial charge in [-0.05, 0) is 23.6 Å². The first kappa shape index (κ1) is 31.4. The standard InChI is InChI=1S/C18H23N3O2S.2C2HF3O2/c1-2-6-19-14(4-1)12-23-18-16(20-10-15-5-3-9-24-15)11-21-7-8-22-13-17(18)21;2*3-2(4,5)1(6)7/h1-6,9,16-18,20H,7-8,10-13H2;2*(H,6,7). The number of nitrogens with zero attached hydrogens (tertiary/aromatic N) is 2. The number of rotatable bonds is 6. The molecule has 9 nitrogen and oxygen atoms in total. The largest absolute Gasteiger partial charge is 0.490 e. The summed E-state index contributed by atoms with van der Waals surface area (Å²) in [6.45, 7) is 5.03. The maximum atomic E-state index is 10.6. The van der Waals surface area contributed by atoms with Crippen LogP contribution in [0.2, 0.25) is 0 Å². The molecule has 4 rings (SSSR count). The van der Waals surface area contributed by atoms with Crippen molar-refractivity contribution < 1.29 is 55.6 Å². The highest BCUT2D eigenvalue weighted by atomic mass is 32.1. The highest BCUT2D eigenvalue weighted by Crippen LogP contribution is 2.25. The number of nitrogens with one attached hydrogen (secondary N) is 1. The predicted octanol–water partition coefficient (Wildman–Crippen LogP) is 3.17. The summed E-state index contributed by atoms with van der Waals surface area (Å²) < 4.78 is 75.5. The molecule has 2 aliphatic heterocycles. The molecule has 2 saturated heterocycles. The minimum atomic E-state index is -5.08. The Balaban J connectivity index is 0.000000301. The van der Waals surface area contributed by atoms with Crippen LogP contribution in [0.5, 0.6) is 0 Å². The number of aromatic nitrogens is 1. The van der Waals surface area contributed by atoms with Crippen LogP contribution in [0, 0.1) is 0 Å². The maximum absolute atomic E-state index is 10.6. The molecule has 0 amide bonds. The second kappa shape index (κ2) is 14.4. The topological polar surface area (TPSA) is 121 Å². The molecular formula is C22H25F6N3O6S. The number of hydrogen-bond donors (Lipinski definition) is 3. The second-order valence-corrected chi connectivity index (χ2v) is 8.94. The van der Waals surface area contributed by atoms with Crippen LogP contribution >= 0.6 is 11.3 Å². The van der Waals surface area contributed by atoms with Crippen LogP contribution in [0.3, 0.4) is 0 Å². The first-order chi connectivity index (χ1) is 17.8. The molecule has 0 aliphatic carbocycles. The number of halogens is 6. The van der Waals surface area contributed by atoms with Gasteiger partial charge in [0.25, 0.3) is 0 Å². The minimum absolute atomic E-state index is 0.132. The van der Waals surface area contributed by atoms with Crippen LogP contribution in [0.25, 0.3) is 0 Å². The Morgan fingerprint density at radius 3 is 2.29 bits per heavy atom. The Labute approximate surface area is 217 Å². The lowest BCUT2D eigenvalue weighted by Crippen LogP contribution is -2.47. The lowest BCUT2D eigenvalue weighted by molar-refractivity contribution is -0.193. The van der Waals surface area contributed by atoms with Gasteiger partial charge < -0.3 is 25.0 Å². The van der Waals surface area contributed by atoms with Gasteiger partial charge in [0, 0.05) is 36.8 Å². The fourth-order valence-electron chi connectivity index (χ4n) is 3.53. The third-order valence-corrected chi connectivity index (χ3v) is 6.12. The lowest BCUT2D eigenvalue weighted by atomic mass is 10.1. The van der Waals surface area contributed by atoms with Crippen molar-refractivity contribution in [2.75, 3.05) is 26.3 Å². The molecule has 2 fully saturated rings. The van der Waals surface area contributed by atoms with Crippen LogP contribution in [0.15, 0.2) is 41.9 Å². The number of hydrogen-bond acceptors (Lipinski definition) is 8. The number of alkyl halides is 6. The Hall–Kier alpha value is -2.79. The number of thiophene rings is 1. The van der Waals surface area contributed by atoms with Gasteiger partial charge in [-0.25, -0.2) is 9.59 Å². The van der Waals surface area contributed by atoms with E-state index < -0.39 is 24.3 Å². The van der Waals surface area contributed by atoms with E-state index in [9.17, 15) is 26.3 Å². The molecule has 3 atom stereocenters. The van der Waals surface area contributed by atoms with E-state index in [1.54, 1.807) is 11.3 Å². The summed E-state index contributed by atoms with van der Waals surface area (Å²) in [5.74, 6) is -5.51. The molecular weight excluding hydrogens is 548 g/mol. The fraction of sp³-hybridized carbons (Fsp3) is 0.500. The highest BCUT2D eigenvalue weighted by molar-refractivity contribution is 7.09. The fourth-order valence-corrected chi connectivity index (χ4v) is 4.18. The summed E-state index contributed by atoms with van der Waals surface area (Å²) in [6.07, 6.45) is -8.22. The van der Waals surface area contributed by atoms with Crippen LogP contribution in [-0.4, -0.2) is 88.9 Å². The number of pyridine rings is 1. The van der Waals surface area contributed by atoms with Gasteiger partial charge in [-0.1, -0.05) is 12.1 Å². The van der Waals surface area contributed by atoms with Crippen molar-refractivity contribution in [2.24, 2.45) is 0 Å². The third-order valence-electron chi connectivity index (χ3n) is 5.24. The summed E-state index contributed by atoms with van der Waals surface area (Å²) in [7, 11) is 0. The van der Waals surface area contributed by atoms with E-state index in [0.717, 1.165) is 38.5 Å².